The summed E-state index contributed by atoms with van der Waals surface area (Å²) in [5, 5.41) is 2.05. The Morgan fingerprint density at radius 1 is 1.44 bits per heavy atom. The molecule has 16 heavy (non-hydrogen) atoms. The van der Waals surface area contributed by atoms with Gasteiger partial charge in [0.1, 0.15) is 5.82 Å². The predicted octanol–water partition coefficient (Wildman–Crippen LogP) is 1.59. The van der Waals surface area contributed by atoms with Crippen molar-refractivity contribution in [1.29, 1.82) is 0 Å². The number of hydrogen-bond donors (Lipinski definition) is 2. The molecule has 0 bridgehead atoms. The Bertz CT molecular complexity index is 424. The van der Waals surface area contributed by atoms with Crippen LogP contribution in [0, 0.1) is 6.92 Å². The van der Waals surface area contributed by atoms with Crippen molar-refractivity contribution in [2.24, 2.45) is 5.84 Å². The van der Waals surface area contributed by atoms with Gasteiger partial charge in [-0.1, -0.05) is 6.07 Å². The average Bonchev–Trinajstić information content (AvgIpc) is 2.80. The van der Waals surface area contributed by atoms with Crippen LogP contribution in [-0.4, -0.2) is 9.97 Å². The topological polar surface area (TPSA) is 63.8 Å². The summed E-state index contributed by atoms with van der Waals surface area (Å²) in [6.45, 7) is 1.97. The average molecular weight is 234 g/mol. The van der Waals surface area contributed by atoms with Crippen LogP contribution in [0.5, 0.6) is 0 Å². The maximum absolute atomic E-state index is 5.53. The summed E-state index contributed by atoms with van der Waals surface area (Å²) in [5.41, 5.74) is 3.81. The SMILES string of the molecule is Cc1cnc(C(Cc2cccs2)NN)nc1. The van der Waals surface area contributed by atoms with Crippen molar-refractivity contribution in [3.63, 3.8) is 0 Å². The van der Waals surface area contributed by atoms with Crippen molar-refractivity contribution < 1.29 is 0 Å². The molecular weight excluding hydrogens is 220 g/mol. The number of hydrogen-bond acceptors (Lipinski definition) is 5. The zero-order chi connectivity index (χ0) is 11.4. The summed E-state index contributed by atoms with van der Waals surface area (Å²) in [6, 6.07) is 4.09. The summed E-state index contributed by atoms with van der Waals surface area (Å²) in [6.07, 6.45) is 4.43. The van der Waals surface area contributed by atoms with Gasteiger partial charge >= 0.3 is 0 Å². The summed E-state index contributed by atoms with van der Waals surface area (Å²) in [5.74, 6) is 6.27. The smallest absolute Gasteiger partial charge is 0.146 e. The van der Waals surface area contributed by atoms with E-state index in [9.17, 15) is 0 Å². The molecule has 3 N–H and O–H groups in total. The molecule has 2 heterocycles. The highest BCUT2D eigenvalue weighted by Crippen LogP contribution is 2.17. The first kappa shape index (κ1) is 11.2. The molecule has 0 aliphatic heterocycles. The molecule has 0 aromatic carbocycles. The molecule has 0 saturated carbocycles. The molecule has 1 atom stereocenters. The Morgan fingerprint density at radius 3 is 2.75 bits per heavy atom. The Balaban J connectivity index is 2.13. The molecule has 0 radical (unpaired) electrons. The van der Waals surface area contributed by atoms with Gasteiger partial charge in [0.05, 0.1) is 6.04 Å². The molecule has 1 unspecified atom stereocenters. The van der Waals surface area contributed by atoms with Gasteiger partial charge in [-0.3, -0.25) is 5.84 Å². The first-order chi connectivity index (χ1) is 7.79. The lowest BCUT2D eigenvalue weighted by Crippen LogP contribution is -2.30. The van der Waals surface area contributed by atoms with Crippen molar-refractivity contribution in [2.75, 3.05) is 0 Å². The van der Waals surface area contributed by atoms with Gasteiger partial charge < -0.3 is 0 Å². The van der Waals surface area contributed by atoms with E-state index in [0.717, 1.165) is 17.8 Å². The third-order valence-corrected chi connectivity index (χ3v) is 3.20. The maximum Gasteiger partial charge on any atom is 0.146 e. The van der Waals surface area contributed by atoms with Crippen LogP contribution in [0.4, 0.5) is 0 Å². The molecule has 0 fully saturated rings. The molecule has 0 spiro atoms. The van der Waals surface area contributed by atoms with Crippen LogP contribution in [0.3, 0.4) is 0 Å². The third-order valence-electron chi connectivity index (χ3n) is 2.30. The second-order valence-corrected chi connectivity index (χ2v) is 4.65. The quantitative estimate of drug-likeness (QED) is 0.623. The number of thiophene rings is 1. The van der Waals surface area contributed by atoms with Crippen molar-refractivity contribution in [3.05, 3.63) is 46.2 Å². The van der Waals surface area contributed by atoms with E-state index in [2.05, 4.69) is 26.8 Å². The largest absolute Gasteiger partial charge is 0.271 e. The highest BCUT2D eigenvalue weighted by Gasteiger charge is 2.13. The van der Waals surface area contributed by atoms with Gasteiger partial charge in [-0.2, -0.15) is 0 Å². The van der Waals surface area contributed by atoms with Crippen molar-refractivity contribution >= 4 is 11.3 Å². The number of nitrogens with two attached hydrogens (primary N) is 1. The van der Waals surface area contributed by atoms with E-state index in [1.807, 2.05) is 13.0 Å². The fraction of sp³-hybridized carbons (Fsp3) is 0.273. The Labute approximate surface area is 98.5 Å². The van der Waals surface area contributed by atoms with Crippen LogP contribution >= 0.6 is 11.3 Å². The highest BCUT2D eigenvalue weighted by molar-refractivity contribution is 7.09. The first-order valence-electron chi connectivity index (χ1n) is 5.06. The number of aryl methyl sites for hydroxylation is 1. The van der Waals surface area contributed by atoms with Crippen LogP contribution in [0.1, 0.15) is 22.3 Å². The van der Waals surface area contributed by atoms with E-state index >= 15 is 0 Å². The van der Waals surface area contributed by atoms with Crippen molar-refractivity contribution in [2.45, 2.75) is 19.4 Å². The molecule has 2 aromatic heterocycles. The third kappa shape index (κ3) is 2.63. The van der Waals surface area contributed by atoms with Gasteiger partial charge in [0.15, 0.2) is 0 Å². The van der Waals surface area contributed by atoms with E-state index in [4.69, 9.17) is 5.84 Å². The van der Waals surface area contributed by atoms with E-state index in [1.165, 1.54) is 4.88 Å². The normalized spacial score (nSPS) is 12.6. The summed E-state index contributed by atoms with van der Waals surface area (Å²) < 4.78 is 0. The molecule has 5 heteroatoms. The van der Waals surface area contributed by atoms with Crippen LogP contribution in [0.15, 0.2) is 29.9 Å². The summed E-state index contributed by atoms with van der Waals surface area (Å²) in [7, 11) is 0. The lowest BCUT2D eigenvalue weighted by Gasteiger charge is -2.13. The fourth-order valence-electron chi connectivity index (χ4n) is 1.44. The minimum atomic E-state index is -0.0285. The number of hydrazine groups is 1. The monoisotopic (exact) mass is 234 g/mol. The van der Waals surface area contributed by atoms with Gasteiger partial charge in [0.2, 0.25) is 0 Å². The second-order valence-electron chi connectivity index (χ2n) is 3.62. The minimum absolute atomic E-state index is 0.0285. The van der Waals surface area contributed by atoms with Crippen LogP contribution in [-0.2, 0) is 6.42 Å². The van der Waals surface area contributed by atoms with Gasteiger partial charge in [0, 0.05) is 23.7 Å². The van der Waals surface area contributed by atoms with Gasteiger partial charge in [-0.25, -0.2) is 15.4 Å². The zero-order valence-corrected chi connectivity index (χ0v) is 9.87. The number of nitrogens with zero attached hydrogens (tertiary/aromatic N) is 2. The Hall–Kier alpha value is -1.30. The van der Waals surface area contributed by atoms with Crippen molar-refractivity contribution in [3.8, 4) is 0 Å². The van der Waals surface area contributed by atoms with Crippen LogP contribution in [0.25, 0.3) is 0 Å². The van der Waals surface area contributed by atoms with Gasteiger partial charge in [0.25, 0.3) is 0 Å². The number of rotatable bonds is 4. The number of nitrogens with one attached hydrogen (secondary N) is 1. The molecule has 0 aliphatic rings. The zero-order valence-electron chi connectivity index (χ0n) is 9.05. The first-order valence-corrected chi connectivity index (χ1v) is 5.94. The van der Waals surface area contributed by atoms with E-state index < -0.39 is 0 Å². The van der Waals surface area contributed by atoms with E-state index in [-0.39, 0.29) is 6.04 Å². The lowest BCUT2D eigenvalue weighted by atomic mass is 10.2. The van der Waals surface area contributed by atoms with Gasteiger partial charge in [-0.05, 0) is 23.9 Å². The molecule has 0 saturated heterocycles. The molecule has 2 rings (SSSR count). The molecule has 4 nitrogen and oxygen atoms in total. The minimum Gasteiger partial charge on any atom is -0.271 e. The molecule has 0 amide bonds. The Morgan fingerprint density at radius 2 is 2.19 bits per heavy atom. The summed E-state index contributed by atoms with van der Waals surface area (Å²) in [4.78, 5) is 9.83. The maximum atomic E-state index is 5.53. The molecule has 84 valence electrons. The Kier molecular flexibility index (Phi) is 3.61. The van der Waals surface area contributed by atoms with Crippen LogP contribution < -0.4 is 11.3 Å². The second kappa shape index (κ2) is 5.16. The summed E-state index contributed by atoms with van der Waals surface area (Å²) >= 11 is 1.71. The lowest BCUT2D eigenvalue weighted by molar-refractivity contribution is 0.525. The van der Waals surface area contributed by atoms with E-state index in [1.54, 1.807) is 23.7 Å². The highest BCUT2D eigenvalue weighted by atomic mass is 32.1. The standard InChI is InChI=1S/C11H14N4S/c1-8-6-13-11(14-7-8)10(15-12)5-9-3-2-4-16-9/h2-4,6-7,10,15H,5,12H2,1H3. The van der Waals surface area contributed by atoms with Crippen LogP contribution in [0.2, 0.25) is 0 Å². The predicted molar refractivity (Wildman–Crippen MR) is 64.9 cm³/mol. The molecular formula is C11H14N4S. The molecule has 2 aromatic rings. The van der Waals surface area contributed by atoms with Gasteiger partial charge in [-0.15, -0.1) is 11.3 Å². The van der Waals surface area contributed by atoms with Crippen molar-refractivity contribution in [1.82, 2.24) is 15.4 Å². The number of aromatic nitrogens is 2. The fourth-order valence-corrected chi connectivity index (χ4v) is 2.19. The van der Waals surface area contributed by atoms with E-state index in [0.29, 0.717) is 0 Å². The molecule has 0 aliphatic carbocycles.